The fraction of sp³-hybridized carbons (Fsp3) is 0.474. The van der Waals surface area contributed by atoms with E-state index >= 15 is 0 Å². The molecule has 0 unspecified atom stereocenters. The highest BCUT2D eigenvalue weighted by atomic mass is 16.3. The summed E-state index contributed by atoms with van der Waals surface area (Å²) in [6, 6.07) is 7.86. The fourth-order valence-corrected chi connectivity index (χ4v) is 4.95. The van der Waals surface area contributed by atoms with Crippen molar-refractivity contribution in [3.63, 3.8) is 0 Å². The smallest absolute Gasteiger partial charge is 0.256 e. The summed E-state index contributed by atoms with van der Waals surface area (Å²) in [7, 11) is 0. The second kappa shape index (κ2) is 4.78. The first-order valence-electron chi connectivity index (χ1n) is 8.20. The van der Waals surface area contributed by atoms with Crippen LogP contribution in [0.2, 0.25) is 0 Å². The zero-order valence-corrected chi connectivity index (χ0v) is 13.6. The zero-order chi connectivity index (χ0) is 16.2. The van der Waals surface area contributed by atoms with Crippen LogP contribution < -0.4 is 0 Å². The van der Waals surface area contributed by atoms with Gasteiger partial charge < -0.3 is 10.0 Å². The molecule has 1 amide bonds. The summed E-state index contributed by atoms with van der Waals surface area (Å²) < 4.78 is 0. The number of hydrogen-bond acceptors (Lipinski definition) is 3. The highest BCUT2D eigenvalue weighted by Gasteiger charge is 2.63. The number of aliphatic hydroxyl groups is 1. The Hall–Kier alpha value is -1.94. The molecule has 2 atom stereocenters. The van der Waals surface area contributed by atoms with Crippen molar-refractivity contribution in [2.24, 2.45) is 16.7 Å². The standard InChI is InChI=1S/C19H22N2O2/c1-18(2)10-19(12-22)11-21(9-16(18)19)17(23)15-8-20-7-13-5-3-4-6-14(13)15/h3-8,16,22H,9-12H2,1-2H3/t16-,19-/m1/s1. The van der Waals surface area contributed by atoms with Crippen molar-refractivity contribution in [2.45, 2.75) is 20.3 Å². The third-order valence-corrected chi connectivity index (χ3v) is 5.90. The molecule has 1 aromatic heterocycles. The van der Waals surface area contributed by atoms with Gasteiger partial charge >= 0.3 is 0 Å². The average Bonchev–Trinajstić information content (AvgIpc) is 2.89. The Labute approximate surface area is 136 Å². The molecule has 120 valence electrons. The van der Waals surface area contributed by atoms with Gasteiger partial charge in [-0.25, -0.2) is 0 Å². The summed E-state index contributed by atoms with van der Waals surface area (Å²) in [6.45, 7) is 6.02. The van der Waals surface area contributed by atoms with Gasteiger partial charge in [0.15, 0.2) is 0 Å². The van der Waals surface area contributed by atoms with E-state index in [0.29, 0.717) is 18.0 Å². The van der Waals surface area contributed by atoms with Crippen LogP contribution in [0, 0.1) is 16.7 Å². The van der Waals surface area contributed by atoms with Crippen LogP contribution in [0.15, 0.2) is 36.7 Å². The maximum atomic E-state index is 13.1. The number of nitrogens with zero attached hydrogens (tertiary/aromatic N) is 2. The minimum Gasteiger partial charge on any atom is -0.396 e. The number of fused-ring (bicyclic) bond motifs is 2. The van der Waals surface area contributed by atoms with Crippen molar-refractivity contribution < 1.29 is 9.90 Å². The summed E-state index contributed by atoms with van der Waals surface area (Å²) in [5.41, 5.74) is 0.765. The Morgan fingerprint density at radius 2 is 2.13 bits per heavy atom. The minimum atomic E-state index is -0.100. The molecular formula is C19H22N2O2. The third kappa shape index (κ3) is 2.01. The molecule has 1 aliphatic heterocycles. The summed E-state index contributed by atoms with van der Waals surface area (Å²) >= 11 is 0. The number of hydrogen-bond donors (Lipinski definition) is 1. The van der Waals surface area contributed by atoms with Crippen LogP contribution in [0.5, 0.6) is 0 Å². The van der Waals surface area contributed by atoms with Crippen LogP contribution in [0.4, 0.5) is 0 Å². The molecule has 0 spiro atoms. The van der Waals surface area contributed by atoms with Crippen LogP contribution in [0.1, 0.15) is 30.6 Å². The Morgan fingerprint density at radius 1 is 1.35 bits per heavy atom. The van der Waals surface area contributed by atoms with E-state index in [1.165, 1.54) is 0 Å². The van der Waals surface area contributed by atoms with Gasteiger partial charge in [-0.2, -0.15) is 0 Å². The number of pyridine rings is 1. The minimum absolute atomic E-state index is 0.0346. The maximum Gasteiger partial charge on any atom is 0.256 e. The number of aliphatic hydroxyl groups excluding tert-OH is 1. The molecule has 1 N–H and O–H groups in total. The Morgan fingerprint density at radius 3 is 2.83 bits per heavy atom. The van der Waals surface area contributed by atoms with Gasteiger partial charge in [-0.05, 0) is 23.1 Å². The number of amides is 1. The van der Waals surface area contributed by atoms with Crippen molar-refractivity contribution in [3.8, 4) is 0 Å². The summed E-state index contributed by atoms with van der Waals surface area (Å²) in [4.78, 5) is 19.2. The van der Waals surface area contributed by atoms with Crippen molar-refractivity contribution in [2.75, 3.05) is 19.7 Å². The monoisotopic (exact) mass is 310 g/mol. The van der Waals surface area contributed by atoms with E-state index < -0.39 is 0 Å². The van der Waals surface area contributed by atoms with Gasteiger partial charge in [-0.1, -0.05) is 38.1 Å². The van der Waals surface area contributed by atoms with Crippen molar-refractivity contribution >= 4 is 16.7 Å². The van der Waals surface area contributed by atoms with Crippen molar-refractivity contribution in [3.05, 3.63) is 42.2 Å². The lowest BCUT2D eigenvalue weighted by atomic mass is 9.48. The molecule has 1 aliphatic carbocycles. The normalized spacial score (nSPS) is 28.5. The molecule has 0 radical (unpaired) electrons. The molecule has 1 saturated carbocycles. The molecule has 4 nitrogen and oxygen atoms in total. The van der Waals surface area contributed by atoms with Gasteiger partial charge in [0.05, 0.1) is 12.2 Å². The maximum absolute atomic E-state index is 13.1. The van der Waals surface area contributed by atoms with E-state index in [0.717, 1.165) is 23.7 Å². The second-order valence-corrected chi connectivity index (χ2v) is 7.83. The second-order valence-electron chi connectivity index (χ2n) is 7.83. The van der Waals surface area contributed by atoms with E-state index in [1.807, 2.05) is 29.2 Å². The number of carbonyl (C=O) groups excluding carboxylic acids is 1. The largest absolute Gasteiger partial charge is 0.396 e. The molecular weight excluding hydrogens is 288 g/mol. The number of aromatic nitrogens is 1. The topological polar surface area (TPSA) is 53.4 Å². The van der Waals surface area contributed by atoms with E-state index in [1.54, 1.807) is 12.4 Å². The number of likely N-dealkylation sites (tertiary alicyclic amines) is 1. The Balaban J connectivity index is 1.68. The molecule has 4 rings (SSSR count). The zero-order valence-electron chi connectivity index (χ0n) is 13.6. The predicted octanol–water partition coefficient (Wildman–Crippen LogP) is 2.72. The van der Waals surface area contributed by atoms with Gasteiger partial charge in [-0.15, -0.1) is 0 Å². The van der Waals surface area contributed by atoms with Crippen LogP contribution in [-0.4, -0.2) is 40.6 Å². The fourth-order valence-electron chi connectivity index (χ4n) is 4.95. The molecule has 4 heteroatoms. The lowest BCUT2D eigenvalue weighted by Gasteiger charge is -2.55. The average molecular weight is 310 g/mol. The third-order valence-electron chi connectivity index (χ3n) is 5.90. The number of carbonyl (C=O) groups is 1. The Bertz CT molecular complexity index is 781. The summed E-state index contributed by atoms with van der Waals surface area (Å²) in [5.74, 6) is 0.416. The number of benzene rings is 1. The SMILES string of the molecule is CC1(C)C[C@]2(CO)CN(C(=O)c3cncc4ccccc34)C[C@H]12. The highest BCUT2D eigenvalue weighted by Crippen LogP contribution is 2.62. The lowest BCUT2D eigenvalue weighted by molar-refractivity contribution is -0.0976. The predicted molar refractivity (Wildman–Crippen MR) is 89.1 cm³/mol. The number of rotatable bonds is 2. The van der Waals surface area contributed by atoms with E-state index in [-0.39, 0.29) is 23.3 Å². The molecule has 1 aromatic carbocycles. The van der Waals surface area contributed by atoms with Crippen LogP contribution in [-0.2, 0) is 0 Å². The lowest BCUT2D eigenvalue weighted by Crippen LogP contribution is -2.54. The molecule has 2 fully saturated rings. The first kappa shape index (κ1) is 14.6. The van der Waals surface area contributed by atoms with Gasteiger partial charge in [-0.3, -0.25) is 9.78 Å². The van der Waals surface area contributed by atoms with E-state index in [2.05, 4.69) is 18.8 Å². The van der Waals surface area contributed by atoms with Gasteiger partial charge in [0.25, 0.3) is 5.91 Å². The molecule has 1 saturated heterocycles. The first-order valence-corrected chi connectivity index (χ1v) is 8.20. The molecule has 2 aliphatic rings. The highest BCUT2D eigenvalue weighted by molar-refractivity contribution is 6.06. The molecule has 23 heavy (non-hydrogen) atoms. The molecule has 2 heterocycles. The van der Waals surface area contributed by atoms with E-state index in [4.69, 9.17) is 0 Å². The molecule has 0 bridgehead atoms. The first-order chi connectivity index (χ1) is 11.0. The Kier molecular flexibility index (Phi) is 3.04. The van der Waals surface area contributed by atoms with Crippen molar-refractivity contribution in [1.82, 2.24) is 9.88 Å². The van der Waals surface area contributed by atoms with Gasteiger partial charge in [0.2, 0.25) is 0 Å². The van der Waals surface area contributed by atoms with Gasteiger partial charge in [0, 0.05) is 36.3 Å². The van der Waals surface area contributed by atoms with Gasteiger partial charge in [0.1, 0.15) is 0 Å². The van der Waals surface area contributed by atoms with Crippen LogP contribution >= 0.6 is 0 Å². The summed E-state index contributed by atoms with van der Waals surface area (Å²) in [6.07, 6.45) is 4.44. The summed E-state index contributed by atoms with van der Waals surface area (Å²) in [5, 5.41) is 11.8. The van der Waals surface area contributed by atoms with E-state index in [9.17, 15) is 9.90 Å². The molecule has 2 aromatic rings. The van der Waals surface area contributed by atoms with Crippen LogP contribution in [0.3, 0.4) is 0 Å². The van der Waals surface area contributed by atoms with Crippen molar-refractivity contribution in [1.29, 1.82) is 0 Å². The quantitative estimate of drug-likeness (QED) is 0.928. The van der Waals surface area contributed by atoms with Crippen LogP contribution in [0.25, 0.3) is 10.8 Å².